The molecule has 0 bridgehead atoms. The van der Waals surface area contributed by atoms with Gasteiger partial charge in [-0.2, -0.15) is 39.5 Å². The molecule has 0 aromatic heterocycles. The van der Waals surface area contributed by atoms with Gasteiger partial charge < -0.3 is 5.73 Å². The molecule has 0 amide bonds. The summed E-state index contributed by atoms with van der Waals surface area (Å²) in [4.78, 5) is 0. The standard InChI is InChI=1S/C25H22F9NP/c26-23(27,28)17-3-9-20(10-4-17)36(16-2-1-15-35,21-11-5-18(6-12-21)24(29,30)31)22-13-7-19(8-14-22)25(32,33)34/h3-14H,1-2,15-16,35H2/q+1. The quantitative estimate of drug-likeness (QED) is 0.201. The summed E-state index contributed by atoms with van der Waals surface area (Å²) in [5.41, 5.74) is 2.88. The molecule has 0 aliphatic rings. The fourth-order valence-corrected chi connectivity index (χ4v) is 8.38. The molecule has 0 heterocycles. The maximum Gasteiger partial charge on any atom is 0.416 e. The lowest BCUT2D eigenvalue weighted by atomic mass is 10.2. The molecule has 36 heavy (non-hydrogen) atoms. The van der Waals surface area contributed by atoms with Crippen LogP contribution in [0.5, 0.6) is 0 Å². The highest BCUT2D eigenvalue weighted by Gasteiger charge is 2.46. The molecule has 2 N–H and O–H groups in total. The monoisotopic (exact) mass is 538 g/mol. The summed E-state index contributed by atoms with van der Waals surface area (Å²) in [5.74, 6) is 0. The molecule has 0 saturated heterocycles. The van der Waals surface area contributed by atoms with E-state index in [1.165, 1.54) is 36.4 Å². The molecule has 0 radical (unpaired) electrons. The maximum absolute atomic E-state index is 13.2. The van der Waals surface area contributed by atoms with Crippen LogP contribution in [0.4, 0.5) is 39.5 Å². The highest BCUT2D eigenvalue weighted by molar-refractivity contribution is 7.95. The Morgan fingerprint density at radius 1 is 0.472 bits per heavy atom. The largest absolute Gasteiger partial charge is 0.416 e. The van der Waals surface area contributed by atoms with E-state index in [0.717, 1.165) is 36.4 Å². The minimum atomic E-state index is -4.61. The zero-order valence-electron chi connectivity index (χ0n) is 18.7. The van der Waals surface area contributed by atoms with E-state index in [1.54, 1.807) is 0 Å². The number of rotatable bonds is 7. The van der Waals surface area contributed by atoms with Crippen molar-refractivity contribution in [2.24, 2.45) is 5.73 Å². The van der Waals surface area contributed by atoms with E-state index >= 15 is 0 Å². The molecule has 0 fully saturated rings. The fraction of sp³-hybridized carbons (Fsp3) is 0.280. The third kappa shape index (κ3) is 6.03. The van der Waals surface area contributed by atoms with Crippen molar-refractivity contribution in [1.82, 2.24) is 0 Å². The van der Waals surface area contributed by atoms with Gasteiger partial charge in [-0.05, 0) is 92.2 Å². The predicted octanol–water partition coefficient (Wildman–Crippen LogP) is 6.78. The van der Waals surface area contributed by atoms with Crippen molar-refractivity contribution in [3.8, 4) is 0 Å². The average Bonchev–Trinajstić information content (AvgIpc) is 2.81. The topological polar surface area (TPSA) is 26.0 Å². The number of alkyl halides is 9. The molecule has 0 unspecified atom stereocenters. The first-order valence-electron chi connectivity index (χ1n) is 10.8. The molecule has 3 rings (SSSR count). The smallest absolute Gasteiger partial charge is 0.330 e. The molecular weight excluding hydrogens is 516 g/mol. The Morgan fingerprint density at radius 3 is 0.972 bits per heavy atom. The van der Waals surface area contributed by atoms with E-state index < -0.39 is 42.5 Å². The van der Waals surface area contributed by atoms with Gasteiger partial charge >= 0.3 is 18.5 Å². The molecule has 0 aliphatic carbocycles. The zero-order chi connectivity index (χ0) is 26.8. The molecule has 0 spiro atoms. The van der Waals surface area contributed by atoms with Crippen LogP contribution in [0, 0.1) is 0 Å². The summed E-state index contributed by atoms with van der Waals surface area (Å²) in [6.45, 7) is 0.299. The van der Waals surface area contributed by atoms with Gasteiger partial charge in [-0.1, -0.05) is 0 Å². The van der Waals surface area contributed by atoms with E-state index in [9.17, 15) is 39.5 Å². The molecule has 11 heteroatoms. The number of nitrogens with two attached hydrogens (primary N) is 1. The van der Waals surface area contributed by atoms with Gasteiger partial charge in [0.05, 0.1) is 22.9 Å². The SMILES string of the molecule is NCCCC[P+](c1ccc(C(F)(F)F)cc1)(c1ccc(C(F)(F)F)cc1)c1ccc(C(F)(F)F)cc1. The summed E-state index contributed by atoms with van der Waals surface area (Å²) >= 11 is 0. The first-order valence-corrected chi connectivity index (χ1v) is 12.8. The van der Waals surface area contributed by atoms with Gasteiger partial charge in [0.15, 0.2) is 0 Å². The highest BCUT2D eigenvalue weighted by Crippen LogP contribution is 2.56. The summed E-state index contributed by atoms with van der Waals surface area (Å²) < 4.78 is 119. The van der Waals surface area contributed by atoms with Crippen molar-refractivity contribution in [1.29, 1.82) is 0 Å². The zero-order valence-corrected chi connectivity index (χ0v) is 19.6. The Balaban J connectivity index is 2.27. The maximum atomic E-state index is 13.2. The third-order valence-electron chi connectivity index (χ3n) is 5.85. The number of hydrogen-bond donors (Lipinski definition) is 1. The lowest BCUT2D eigenvalue weighted by Crippen LogP contribution is -2.34. The fourth-order valence-electron chi connectivity index (χ4n) is 4.04. The van der Waals surface area contributed by atoms with E-state index in [0.29, 0.717) is 41.5 Å². The summed E-state index contributed by atoms with van der Waals surface area (Å²) in [7, 11) is -2.96. The number of halogens is 9. The van der Waals surface area contributed by atoms with Crippen LogP contribution in [-0.2, 0) is 18.5 Å². The lowest BCUT2D eigenvalue weighted by molar-refractivity contribution is -0.138. The molecule has 3 aromatic carbocycles. The first-order chi connectivity index (χ1) is 16.7. The van der Waals surface area contributed by atoms with Crippen molar-refractivity contribution in [3.63, 3.8) is 0 Å². The van der Waals surface area contributed by atoms with Crippen LogP contribution in [0.1, 0.15) is 29.5 Å². The molecule has 194 valence electrons. The van der Waals surface area contributed by atoms with Gasteiger partial charge in [0.2, 0.25) is 0 Å². The van der Waals surface area contributed by atoms with Gasteiger partial charge in [-0.3, -0.25) is 0 Å². The van der Waals surface area contributed by atoms with Crippen molar-refractivity contribution >= 4 is 23.2 Å². The molecule has 0 aliphatic heterocycles. The van der Waals surface area contributed by atoms with Crippen molar-refractivity contribution in [2.75, 3.05) is 12.7 Å². The lowest BCUT2D eigenvalue weighted by Gasteiger charge is -2.28. The third-order valence-corrected chi connectivity index (χ3v) is 10.4. The summed E-state index contributed by atoms with van der Waals surface area (Å²) in [6.07, 6.45) is -12.5. The predicted molar refractivity (Wildman–Crippen MR) is 123 cm³/mol. The first kappa shape index (κ1) is 28.0. The van der Waals surface area contributed by atoms with Gasteiger partial charge in [-0.25, -0.2) is 0 Å². The Morgan fingerprint density at radius 2 is 0.750 bits per heavy atom. The van der Waals surface area contributed by atoms with E-state index in [4.69, 9.17) is 5.73 Å². The minimum Gasteiger partial charge on any atom is -0.330 e. The minimum absolute atomic E-state index is 0.298. The van der Waals surface area contributed by atoms with Crippen LogP contribution in [0.25, 0.3) is 0 Å². The highest BCUT2D eigenvalue weighted by atomic mass is 31.2. The molecule has 3 aromatic rings. The van der Waals surface area contributed by atoms with Gasteiger partial charge in [0.25, 0.3) is 0 Å². The van der Waals surface area contributed by atoms with Crippen molar-refractivity contribution in [3.05, 3.63) is 89.5 Å². The van der Waals surface area contributed by atoms with Crippen LogP contribution < -0.4 is 21.6 Å². The summed E-state index contributed by atoms with van der Waals surface area (Å²) in [5, 5.41) is 1.23. The second kappa shape index (κ2) is 10.4. The van der Waals surface area contributed by atoms with Crippen LogP contribution in [-0.4, -0.2) is 12.7 Å². The van der Waals surface area contributed by atoms with Crippen LogP contribution in [0.3, 0.4) is 0 Å². The Bertz CT molecular complexity index is 992. The average molecular weight is 538 g/mol. The van der Waals surface area contributed by atoms with Crippen LogP contribution >= 0.6 is 7.26 Å². The Kier molecular flexibility index (Phi) is 8.10. The molecular formula is C25H22F9NP+. The second-order valence-corrected chi connectivity index (χ2v) is 11.8. The second-order valence-electron chi connectivity index (χ2n) is 8.16. The Labute approximate surface area is 202 Å². The number of benzene rings is 3. The van der Waals surface area contributed by atoms with Crippen molar-refractivity contribution < 1.29 is 39.5 Å². The molecule has 0 saturated carbocycles. The number of unbranched alkanes of at least 4 members (excludes halogenated alkanes) is 1. The molecule has 0 atom stereocenters. The number of hydrogen-bond acceptors (Lipinski definition) is 1. The van der Waals surface area contributed by atoms with Gasteiger partial charge in [0.1, 0.15) is 23.2 Å². The van der Waals surface area contributed by atoms with Crippen molar-refractivity contribution in [2.45, 2.75) is 31.4 Å². The normalized spacial score (nSPS) is 13.2. The van der Waals surface area contributed by atoms with Crippen LogP contribution in [0.2, 0.25) is 0 Å². The Hall–Kier alpha value is -2.58. The van der Waals surface area contributed by atoms with Gasteiger partial charge in [0, 0.05) is 0 Å². The summed E-state index contributed by atoms with van der Waals surface area (Å²) in [6, 6.07) is 12.8. The van der Waals surface area contributed by atoms with E-state index in [-0.39, 0.29) is 0 Å². The van der Waals surface area contributed by atoms with Gasteiger partial charge in [-0.15, -0.1) is 0 Å². The van der Waals surface area contributed by atoms with E-state index in [1.807, 2.05) is 0 Å². The molecule has 1 nitrogen and oxygen atoms in total. The van der Waals surface area contributed by atoms with E-state index in [2.05, 4.69) is 0 Å². The van der Waals surface area contributed by atoms with Crippen LogP contribution in [0.15, 0.2) is 72.8 Å².